The molecule has 0 bridgehead atoms. The van der Waals surface area contributed by atoms with Crippen molar-refractivity contribution < 1.29 is 14.4 Å². The molecule has 1 N–H and O–H groups in total. The highest BCUT2D eigenvalue weighted by molar-refractivity contribution is 7.98. The lowest BCUT2D eigenvalue weighted by Crippen LogP contribution is -1.94. The molecule has 134 valence electrons. The number of nitro groups is 1. The number of non-ortho nitro benzene ring substituents is 1. The van der Waals surface area contributed by atoms with Crippen molar-refractivity contribution in [2.24, 2.45) is 0 Å². The first-order valence-corrected chi connectivity index (χ1v) is 8.60. The fourth-order valence-corrected chi connectivity index (χ4v) is 3.10. The van der Waals surface area contributed by atoms with Gasteiger partial charge >= 0.3 is 0 Å². The normalized spacial score (nSPS) is 10.5. The van der Waals surface area contributed by atoms with Crippen LogP contribution in [-0.4, -0.2) is 34.3 Å². The molecule has 0 saturated carbocycles. The smallest absolute Gasteiger partial charge is 0.270 e. The van der Waals surface area contributed by atoms with Gasteiger partial charge in [0.1, 0.15) is 11.5 Å². The predicted molar refractivity (Wildman–Crippen MR) is 97.6 cm³/mol. The fourth-order valence-electron chi connectivity index (χ4n) is 2.32. The number of methoxy groups -OCH3 is 2. The summed E-state index contributed by atoms with van der Waals surface area (Å²) in [5.41, 5.74) is 1.62. The Morgan fingerprint density at radius 3 is 2.58 bits per heavy atom. The summed E-state index contributed by atoms with van der Waals surface area (Å²) in [5, 5.41) is 18.6. The molecule has 1 heterocycles. The zero-order valence-electron chi connectivity index (χ0n) is 14.1. The predicted octanol–water partition coefficient (Wildman–Crippen LogP) is 3.69. The Hall–Kier alpha value is -3.07. The van der Waals surface area contributed by atoms with E-state index in [9.17, 15) is 10.1 Å². The number of thioether (sulfide) groups is 1. The highest BCUT2D eigenvalue weighted by Gasteiger charge is 2.13. The van der Waals surface area contributed by atoms with Crippen LogP contribution in [0.1, 0.15) is 5.56 Å². The van der Waals surface area contributed by atoms with E-state index in [2.05, 4.69) is 15.2 Å². The number of hydrogen-bond acceptors (Lipinski definition) is 7. The van der Waals surface area contributed by atoms with Crippen LogP contribution in [0.4, 0.5) is 5.69 Å². The van der Waals surface area contributed by atoms with Crippen LogP contribution < -0.4 is 9.47 Å². The molecule has 0 spiro atoms. The van der Waals surface area contributed by atoms with Crippen LogP contribution in [0.25, 0.3) is 11.4 Å². The maximum Gasteiger partial charge on any atom is 0.270 e. The SMILES string of the molecule is COc1ccc(-c2nc(SCc3cc([N+](=O)[O-])ccc3OC)n[nH]2)cc1. The topological polar surface area (TPSA) is 103 Å². The van der Waals surface area contributed by atoms with Crippen LogP contribution in [0.3, 0.4) is 0 Å². The molecule has 0 unspecified atom stereocenters. The van der Waals surface area contributed by atoms with Gasteiger partial charge in [-0.2, -0.15) is 0 Å². The van der Waals surface area contributed by atoms with Gasteiger partial charge in [0.2, 0.25) is 5.16 Å². The van der Waals surface area contributed by atoms with Crippen LogP contribution in [0, 0.1) is 10.1 Å². The standard InChI is InChI=1S/C17H16N4O4S/c1-24-14-6-3-11(4-7-14)16-18-17(20-19-16)26-10-12-9-13(21(22)23)5-8-15(12)25-2/h3-9H,10H2,1-2H3,(H,18,19,20). The summed E-state index contributed by atoms with van der Waals surface area (Å²) in [6.07, 6.45) is 0. The second kappa shape index (κ2) is 7.87. The first-order valence-electron chi connectivity index (χ1n) is 7.61. The highest BCUT2D eigenvalue weighted by atomic mass is 32.2. The molecule has 2 aromatic carbocycles. The zero-order chi connectivity index (χ0) is 18.5. The molecule has 3 aromatic rings. The van der Waals surface area contributed by atoms with Crippen LogP contribution in [-0.2, 0) is 5.75 Å². The quantitative estimate of drug-likeness (QED) is 0.383. The minimum absolute atomic E-state index is 0.0234. The highest BCUT2D eigenvalue weighted by Crippen LogP contribution is 2.30. The average Bonchev–Trinajstić information content (AvgIpc) is 3.15. The van der Waals surface area contributed by atoms with E-state index >= 15 is 0 Å². The molecule has 9 heteroatoms. The molecule has 3 rings (SSSR count). The lowest BCUT2D eigenvalue weighted by Gasteiger charge is -2.06. The van der Waals surface area contributed by atoms with Gasteiger partial charge in [-0.15, -0.1) is 5.10 Å². The van der Waals surface area contributed by atoms with Gasteiger partial charge in [-0.1, -0.05) is 11.8 Å². The fraction of sp³-hybridized carbons (Fsp3) is 0.176. The van der Waals surface area contributed by atoms with Crippen LogP contribution >= 0.6 is 11.8 Å². The summed E-state index contributed by atoms with van der Waals surface area (Å²) in [4.78, 5) is 15.0. The van der Waals surface area contributed by atoms with Gasteiger partial charge in [-0.25, -0.2) is 4.98 Å². The number of H-pyrrole nitrogens is 1. The van der Waals surface area contributed by atoms with E-state index in [4.69, 9.17) is 9.47 Å². The number of benzene rings is 2. The lowest BCUT2D eigenvalue weighted by atomic mass is 10.2. The third-order valence-electron chi connectivity index (χ3n) is 3.66. The number of ether oxygens (including phenoxy) is 2. The number of nitrogens with zero attached hydrogens (tertiary/aromatic N) is 3. The minimum Gasteiger partial charge on any atom is -0.497 e. The van der Waals surface area contributed by atoms with Crippen molar-refractivity contribution in [2.75, 3.05) is 14.2 Å². The number of aromatic amines is 1. The number of nitrogens with one attached hydrogen (secondary N) is 1. The number of nitro benzene ring substituents is 1. The molecular weight excluding hydrogens is 356 g/mol. The van der Waals surface area contributed by atoms with Crippen LogP contribution in [0.15, 0.2) is 47.6 Å². The molecule has 0 aliphatic heterocycles. The molecule has 0 amide bonds. The Kier molecular flexibility index (Phi) is 5.37. The summed E-state index contributed by atoms with van der Waals surface area (Å²) >= 11 is 1.37. The molecule has 8 nitrogen and oxygen atoms in total. The molecule has 0 atom stereocenters. The minimum atomic E-state index is -0.428. The van der Waals surface area contributed by atoms with E-state index in [1.807, 2.05) is 24.3 Å². The van der Waals surface area contributed by atoms with Crippen molar-refractivity contribution in [3.8, 4) is 22.9 Å². The summed E-state index contributed by atoms with van der Waals surface area (Å²) in [7, 11) is 3.14. The number of hydrogen-bond donors (Lipinski definition) is 1. The molecule has 1 aromatic heterocycles. The average molecular weight is 372 g/mol. The number of rotatable bonds is 7. The first kappa shape index (κ1) is 17.7. The maximum absolute atomic E-state index is 11.0. The van der Waals surface area contributed by atoms with Gasteiger partial charge in [-0.05, 0) is 30.3 Å². The van der Waals surface area contributed by atoms with Gasteiger partial charge in [0.15, 0.2) is 5.82 Å². The Morgan fingerprint density at radius 2 is 1.92 bits per heavy atom. The largest absolute Gasteiger partial charge is 0.497 e. The van der Waals surface area contributed by atoms with Crippen LogP contribution in [0.2, 0.25) is 0 Å². The molecule has 0 aliphatic rings. The van der Waals surface area contributed by atoms with Crippen molar-refractivity contribution in [2.45, 2.75) is 10.9 Å². The van der Waals surface area contributed by atoms with E-state index in [-0.39, 0.29) is 5.69 Å². The third-order valence-corrected chi connectivity index (χ3v) is 4.56. The molecule has 26 heavy (non-hydrogen) atoms. The molecule has 0 aliphatic carbocycles. The molecular formula is C17H16N4O4S. The monoisotopic (exact) mass is 372 g/mol. The van der Waals surface area contributed by atoms with Crippen molar-refractivity contribution in [1.82, 2.24) is 15.2 Å². The van der Waals surface area contributed by atoms with Gasteiger partial charge in [0.05, 0.1) is 19.1 Å². The van der Waals surface area contributed by atoms with E-state index < -0.39 is 4.92 Å². The second-order valence-electron chi connectivity index (χ2n) is 5.24. The van der Waals surface area contributed by atoms with Crippen LogP contribution in [0.5, 0.6) is 11.5 Å². The van der Waals surface area contributed by atoms with Crippen molar-refractivity contribution in [3.63, 3.8) is 0 Å². The molecule has 0 radical (unpaired) electrons. The first-order chi connectivity index (χ1) is 12.6. The Labute approximate surface area is 153 Å². The van der Waals surface area contributed by atoms with Crippen molar-refractivity contribution in [1.29, 1.82) is 0 Å². The Balaban J connectivity index is 1.73. The van der Waals surface area contributed by atoms with Gasteiger partial charge in [0.25, 0.3) is 5.69 Å². The van der Waals surface area contributed by atoms with E-state index in [0.717, 1.165) is 11.3 Å². The van der Waals surface area contributed by atoms with E-state index in [1.54, 1.807) is 13.2 Å². The summed E-state index contributed by atoms with van der Waals surface area (Å²) in [5.74, 6) is 2.45. The Morgan fingerprint density at radius 1 is 1.15 bits per heavy atom. The second-order valence-corrected chi connectivity index (χ2v) is 6.18. The van der Waals surface area contributed by atoms with Crippen molar-refractivity contribution >= 4 is 17.4 Å². The van der Waals surface area contributed by atoms with Gasteiger partial charge in [-0.3, -0.25) is 15.2 Å². The zero-order valence-corrected chi connectivity index (χ0v) is 14.9. The lowest BCUT2D eigenvalue weighted by molar-refractivity contribution is -0.384. The molecule has 0 fully saturated rings. The van der Waals surface area contributed by atoms with Crippen molar-refractivity contribution in [3.05, 3.63) is 58.1 Å². The van der Waals surface area contributed by atoms with Gasteiger partial charge in [0, 0.05) is 29.0 Å². The summed E-state index contributed by atoms with van der Waals surface area (Å²) in [6.45, 7) is 0. The number of aromatic nitrogens is 3. The maximum atomic E-state index is 11.0. The van der Waals surface area contributed by atoms with E-state index in [0.29, 0.717) is 28.0 Å². The Bertz CT molecular complexity index is 911. The van der Waals surface area contributed by atoms with Gasteiger partial charge < -0.3 is 9.47 Å². The summed E-state index contributed by atoms with van der Waals surface area (Å²) < 4.78 is 10.4. The third kappa shape index (κ3) is 3.94. The summed E-state index contributed by atoms with van der Waals surface area (Å²) in [6, 6.07) is 12.0. The van der Waals surface area contributed by atoms with E-state index in [1.165, 1.54) is 31.0 Å². The molecule has 0 saturated heterocycles.